The van der Waals surface area contributed by atoms with Crippen molar-refractivity contribution in [3.05, 3.63) is 53.1 Å². The Kier molecular flexibility index (Phi) is 4.22. The highest BCUT2D eigenvalue weighted by atomic mass is 16.1. The van der Waals surface area contributed by atoms with Crippen molar-refractivity contribution < 1.29 is 4.79 Å². The van der Waals surface area contributed by atoms with E-state index in [4.69, 9.17) is 10.7 Å². The second-order valence-electron chi connectivity index (χ2n) is 6.51. The molecule has 1 aromatic carbocycles. The van der Waals surface area contributed by atoms with E-state index in [0.29, 0.717) is 12.5 Å². The molecule has 0 bridgehead atoms. The van der Waals surface area contributed by atoms with Crippen LogP contribution in [0.4, 0.5) is 0 Å². The van der Waals surface area contributed by atoms with Gasteiger partial charge in [-0.1, -0.05) is 44.2 Å². The van der Waals surface area contributed by atoms with Crippen LogP contribution in [0.1, 0.15) is 48.6 Å². The van der Waals surface area contributed by atoms with Crippen LogP contribution in [0.25, 0.3) is 0 Å². The molecule has 2 aromatic rings. The zero-order valence-electron chi connectivity index (χ0n) is 14.0. The number of aromatic nitrogens is 2. The molecule has 0 saturated heterocycles. The summed E-state index contributed by atoms with van der Waals surface area (Å²) < 4.78 is 2.21. The van der Waals surface area contributed by atoms with Crippen LogP contribution in [-0.2, 0) is 24.8 Å². The molecule has 0 aliphatic carbocycles. The van der Waals surface area contributed by atoms with Gasteiger partial charge in [0, 0.05) is 38.2 Å². The Balaban J connectivity index is 1.91. The van der Waals surface area contributed by atoms with Crippen LogP contribution in [0.2, 0.25) is 0 Å². The fourth-order valence-corrected chi connectivity index (χ4v) is 3.50. The highest BCUT2D eigenvalue weighted by Crippen LogP contribution is 2.29. The van der Waals surface area contributed by atoms with E-state index in [-0.39, 0.29) is 5.91 Å². The van der Waals surface area contributed by atoms with Gasteiger partial charge in [-0.2, -0.15) is 0 Å². The first-order valence-corrected chi connectivity index (χ1v) is 8.11. The minimum atomic E-state index is -0.395. The zero-order valence-corrected chi connectivity index (χ0v) is 14.0. The Bertz CT molecular complexity index is 705. The molecule has 1 unspecified atom stereocenters. The number of nitrogens with zero attached hydrogens (tertiary/aromatic N) is 3. The van der Waals surface area contributed by atoms with Crippen molar-refractivity contribution in [2.24, 2.45) is 12.8 Å². The maximum atomic E-state index is 12.0. The van der Waals surface area contributed by atoms with Gasteiger partial charge in [-0.05, 0) is 5.56 Å². The number of amides is 1. The number of carbonyl (C=O) groups is 1. The third kappa shape index (κ3) is 2.88. The highest BCUT2D eigenvalue weighted by Gasteiger charge is 2.31. The Hall–Kier alpha value is -2.14. The third-order valence-electron chi connectivity index (χ3n) is 4.59. The summed E-state index contributed by atoms with van der Waals surface area (Å²) in [7, 11) is 2.08. The number of benzene rings is 1. The van der Waals surface area contributed by atoms with Crippen LogP contribution < -0.4 is 5.73 Å². The van der Waals surface area contributed by atoms with Gasteiger partial charge < -0.3 is 10.3 Å². The molecule has 1 amide bonds. The summed E-state index contributed by atoms with van der Waals surface area (Å²) >= 11 is 0. The Morgan fingerprint density at radius 1 is 1.26 bits per heavy atom. The Morgan fingerprint density at radius 2 is 1.96 bits per heavy atom. The van der Waals surface area contributed by atoms with Crippen molar-refractivity contribution in [2.75, 3.05) is 6.54 Å². The first-order valence-electron chi connectivity index (χ1n) is 8.11. The number of imidazole rings is 1. The van der Waals surface area contributed by atoms with Gasteiger partial charge in [0.15, 0.2) is 0 Å². The Morgan fingerprint density at radius 3 is 2.57 bits per heavy atom. The second kappa shape index (κ2) is 6.16. The van der Waals surface area contributed by atoms with E-state index in [1.165, 1.54) is 5.69 Å². The lowest BCUT2D eigenvalue weighted by molar-refractivity contribution is -0.123. The summed E-state index contributed by atoms with van der Waals surface area (Å²) in [5.41, 5.74) is 9.00. The molecule has 23 heavy (non-hydrogen) atoms. The zero-order chi connectivity index (χ0) is 16.6. The van der Waals surface area contributed by atoms with Crippen LogP contribution in [-0.4, -0.2) is 26.9 Å². The average Bonchev–Trinajstić information content (AvgIpc) is 2.85. The van der Waals surface area contributed by atoms with Crippen LogP contribution in [0, 0.1) is 0 Å². The fraction of sp³-hybridized carbons (Fsp3) is 0.444. The van der Waals surface area contributed by atoms with Crippen molar-refractivity contribution in [2.45, 2.75) is 38.8 Å². The summed E-state index contributed by atoms with van der Waals surface area (Å²) in [6.07, 6.45) is 0.891. The topological polar surface area (TPSA) is 64.2 Å². The number of nitrogens with two attached hydrogens (primary N) is 1. The minimum absolute atomic E-state index is 0.306. The predicted octanol–water partition coefficient (Wildman–Crippen LogP) is 2.13. The molecule has 1 atom stereocenters. The minimum Gasteiger partial charge on any atom is -0.368 e. The van der Waals surface area contributed by atoms with Gasteiger partial charge in [-0.3, -0.25) is 9.69 Å². The standard InChI is InChI=1S/C18H24N4O/c1-12(2)18-20-14-11-22(10-9-15(14)21(18)3)16(17(19)23)13-7-5-4-6-8-13/h4-8,12,16H,9-11H2,1-3H3,(H2,19,23). The molecule has 5 nitrogen and oxygen atoms in total. The van der Waals surface area contributed by atoms with Gasteiger partial charge in [-0.15, -0.1) is 0 Å². The molecule has 5 heteroatoms. The summed E-state index contributed by atoms with van der Waals surface area (Å²) in [5.74, 6) is 1.19. The molecule has 2 N–H and O–H groups in total. The molecule has 0 radical (unpaired) electrons. The van der Waals surface area contributed by atoms with Crippen LogP contribution in [0.15, 0.2) is 30.3 Å². The Labute approximate surface area is 137 Å². The predicted molar refractivity (Wildman–Crippen MR) is 89.8 cm³/mol. The number of primary amides is 1. The summed E-state index contributed by atoms with van der Waals surface area (Å²) in [4.78, 5) is 19.0. The van der Waals surface area contributed by atoms with Gasteiger partial charge >= 0.3 is 0 Å². The van der Waals surface area contributed by atoms with E-state index in [2.05, 4.69) is 30.4 Å². The first-order chi connectivity index (χ1) is 11.0. The molecule has 0 saturated carbocycles. The second-order valence-corrected chi connectivity index (χ2v) is 6.51. The average molecular weight is 312 g/mol. The summed E-state index contributed by atoms with van der Waals surface area (Å²) in [6.45, 7) is 5.79. The first kappa shape index (κ1) is 15.7. The lowest BCUT2D eigenvalue weighted by Gasteiger charge is -2.32. The van der Waals surface area contributed by atoms with Gasteiger partial charge in [0.05, 0.1) is 5.69 Å². The molecular weight excluding hydrogens is 288 g/mol. The molecule has 122 valence electrons. The van der Waals surface area contributed by atoms with Crippen molar-refractivity contribution in [1.82, 2.24) is 14.5 Å². The van der Waals surface area contributed by atoms with E-state index in [1.807, 2.05) is 30.3 Å². The molecule has 3 rings (SSSR count). The summed E-state index contributed by atoms with van der Waals surface area (Å²) in [6, 6.07) is 9.36. The van der Waals surface area contributed by atoms with Crippen molar-refractivity contribution in [3.63, 3.8) is 0 Å². The molecule has 1 aliphatic rings. The number of hydrogen-bond acceptors (Lipinski definition) is 3. The maximum absolute atomic E-state index is 12.0. The lowest BCUT2D eigenvalue weighted by Crippen LogP contribution is -2.41. The molecule has 0 spiro atoms. The lowest BCUT2D eigenvalue weighted by atomic mass is 10.0. The van der Waals surface area contributed by atoms with E-state index in [0.717, 1.165) is 30.0 Å². The van der Waals surface area contributed by atoms with E-state index < -0.39 is 6.04 Å². The largest absolute Gasteiger partial charge is 0.368 e. The molecule has 1 aromatic heterocycles. The number of carbonyl (C=O) groups excluding carboxylic acids is 1. The normalized spacial score (nSPS) is 16.3. The van der Waals surface area contributed by atoms with Crippen molar-refractivity contribution in [1.29, 1.82) is 0 Å². The van der Waals surface area contributed by atoms with Crippen LogP contribution >= 0.6 is 0 Å². The number of fused-ring (bicyclic) bond motifs is 1. The van der Waals surface area contributed by atoms with Crippen molar-refractivity contribution in [3.8, 4) is 0 Å². The smallest absolute Gasteiger partial charge is 0.239 e. The molecule has 1 aliphatic heterocycles. The number of hydrogen-bond donors (Lipinski definition) is 1. The van der Waals surface area contributed by atoms with E-state index in [9.17, 15) is 4.79 Å². The number of rotatable bonds is 4. The fourth-order valence-electron chi connectivity index (χ4n) is 3.50. The molecule has 0 fully saturated rings. The molecular formula is C18H24N4O. The van der Waals surface area contributed by atoms with E-state index in [1.54, 1.807) is 0 Å². The van der Waals surface area contributed by atoms with E-state index >= 15 is 0 Å². The maximum Gasteiger partial charge on any atom is 0.239 e. The van der Waals surface area contributed by atoms with Crippen molar-refractivity contribution >= 4 is 5.91 Å². The highest BCUT2D eigenvalue weighted by molar-refractivity contribution is 5.81. The third-order valence-corrected chi connectivity index (χ3v) is 4.59. The monoisotopic (exact) mass is 312 g/mol. The SMILES string of the molecule is CC(C)c1nc2c(n1C)CCN(C(C(N)=O)c1ccccc1)C2. The van der Waals surface area contributed by atoms with Gasteiger partial charge in [0.25, 0.3) is 0 Å². The van der Waals surface area contributed by atoms with Gasteiger partial charge in [0.2, 0.25) is 5.91 Å². The van der Waals surface area contributed by atoms with Gasteiger partial charge in [0.1, 0.15) is 11.9 Å². The summed E-state index contributed by atoms with van der Waals surface area (Å²) in [5, 5.41) is 0. The van der Waals surface area contributed by atoms with Crippen LogP contribution in [0.5, 0.6) is 0 Å². The molecule has 2 heterocycles. The quantitative estimate of drug-likeness (QED) is 0.940. The van der Waals surface area contributed by atoms with Gasteiger partial charge in [-0.25, -0.2) is 4.98 Å². The van der Waals surface area contributed by atoms with Crippen LogP contribution in [0.3, 0.4) is 0 Å².